The minimum atomic E-state index is -3.01. The molecule has 2 aromatic heterocycles. The minimum absolute atomic E-state index is 0.0675. The number of likely N-dealkylation sites (tertiary alicyclic amines) is 1. The van der Waals surface area contributed by atoms with Crippen LogP contribution in [-0.4, -0.2) is 102 Å². The fourth-order valence-corrected chi connectivity index (χ4v) is 5.86. The molecule has 11 nitrogen and oxygen atoms in total. The summed E-state index contributed by atoms with van der Waals surface area (Å²) in [6.45, 7) is 5.09. The van der Waals surface area contributed by atoms with Gasteiger partial charge < -0.3 is 24.8 Å². The third-order valence-electron chi connectivity index (χ3n) is 7.44. The van der Waals surface area contributed by atoms with Crippen molar-refractivity contribution in [3.8, 4) is 0 Å². The number of anilines is 3. The van der Waals surface area contributed by atoms with Gasteiger partial charge in [-0.1, -0.05) is 6.92 Å². The van der Waals surface area contributed by atoms with E-state index in [-0.39, 0.29) is 25.6 Å². The van der Waals surface area contributed by atoms with Crippen molar-refractivity contribution in [3.05, 3.63) is 23.8 Å². The van der Waals surface area contributed by atoms with Crippen LogP contribution in [0.3, 0.4) is 0 Å². The van der Waals surface area contributed by atoms with Crippen molar-refractivity contribution in [2.75, 3.05) is 55.8 Å². The van der Waals surface area contributed by atoms with Crippen LogP contribution in [-0.2, 0) is 9.53 Å². The van der Waals surface area contributed by atoms with Gasteiger partial charge in [0.15, 0.2) is 5.13 Å². The molecular formula is C24H34F2N8O3S. The second kappa shape index (κ2) is 12.2. The van der Waals surface area contributed by atoms with Crippen LogP contribution in [0.4, 0.5) is 30.5 Å². The highest BCUT2D eigenvalue weighted by atomic mass is 32.1. The summed E-state index contributed by atoms with van der Waals surface area (Å²) in [5.41, 5.74) is 0. The molecule has 2 saturated heterocycles. The number of likely N-dealkylation sites (N-methyl/N-ethyl adjacent to an activating group) is 1. The summed E-state index contributed by atoms with van der Waals surface area (Å²) in [4.78, 5) is 40.0. The largest absolute Gasteiger partial charge is 0.464 e. The maximum absolute atomic E-state index is 14.5. The zero-order valence-electron chi connectivity index (χ0n) is 21.7. The highest BCUT2D eigenvalue weighted by molar-refractivity contribution is 7.13. The van der Waals surface area contributed by atoms with Gasteiger partial charge in [0.25, 0.3) is 12.4 Å². The van der Waals surface area contributed by atoms with Crippen LogP contribution in [0.25, 0.3) is 0 Å². The van der Waals surface area contributed by atoms with Gasteiger partial charge in [-0.3, -0.25) is 10.1 Å². The molecule has 4 unspecified atom stereocenters. The number of piperidine rings is 2. The number of thiazole rings is 1. The quantitative estimate of drug-likeness (QED) is 0.500. The Morgan fingerprint density at radius 3 is 2.76 bits per heavy atom. The summed E-state index contributed by atoms with van der Waals surface area (Å²) in [7, 11) is 3.08. The van der Waals surface area contributed by atoms with E-state index in [9.17, 15) is 18.4 Å². The van der Waals surface area contributed by atoms with Crippen molar-refractivity contribution < 1.29 is 23.1 Å². The van der Waals surface area contributed by atoms with Gasteiger partial charge in [0.1, 0.15) is 18.0 Å². The van der Waals surface area contributed by atoms with Crippen molar-refractivity contribution in [2.24, 2.45) is 5.92 Å². The molecule has 14 heteroatoms. The third kappa shape index (κ3) is 6.29. The Labute approximate surface area is 224 Å². The first-order chi connectivity index (χ1) is 18.2. The van der Waals surface area contributed by atoms with Gasteiger partial charge in [-0.25, -0.2) is 23.5 Å². The van der Waals surface area contributed by atoms with Gasteiger partial charge in [-0.05, 0) is 19.0 Å². The Morgan fingerprint density at radius 1 is 1.32 bits per heavy atom. The smallest absolute Gasteiger partial charge is 0.323 e. The van der Waals surface area contributed by atoms with Gasteiger partial charge >= 0.3 is 6.03 Å². The van der Waals surface area contributed by atoms with Crippen LogP contribution in [0.2, 0.25) is 0 Å². The Balaban J connectivity index is 0.000000232. The zero-order chi connectivity index (χ0) is 27.3. The monoisotopic (exact) mass is 552 g/mol. The van der Waals surface area contributed by atoms with Gasteiger partial charge in [0.05, 0.1) is 0 Å². The molecule has 3 fully saturated rings. The number of amides is 2. The van der Waals surface area contributed by atoms with Crippen LogP contribution in [0, 0.1) is 5.92 Å². The van der Waals surface area contributed by atoms with Crippen LogP contribution >= 0.6 is 11.3 Å². The molecule has 3 aliphatic rings. The number of aromatic nitrogens is 3. The number of halogens is 2. The Morgan fingerprint density at radius 2 is 2.13 bits per heavy atom. The zero-order valence-corrected chi connectivity index (χ0v) is 22.5. The van der Waals surface area contributed by atoms with Crippen molar-refractivity contribution in [3.63, 3.8) is 0 Å². The molecule has 1 aliphatic carbocycles. The lowest BCUT2D eigenvalue weighted by atomic mass is 10.00. The standard InChI is InChI=1S/C15H19F2N7OS.C9H15NO2/c1-18-11-3-5-19-12(21-11)24-7-4-15(16,17)10(9-24)23(2)14(25)22-13-20-6-8-26-13;1-2-10-5-7-3-8(10)4-9(7)12-6-11/h3,5-6,8,10H,4,7,9H2,1-2H3,(H,18,19,21)(H,20,22,25);6-9H,2-5H2,1H3. The lowest BCUT2D eigenvalue weighted by molar-refractivity contribution is -0.136. The van der Waals surface area contributed by atoms with E-state index in [0.29, 0.717) is 35.3 Å². The number of alkyl halides is 2. The van der Waals surface area contributed by atoms with Gasteiger partial charge in [-0.2, -0.15) is 4.98 Å². The molecule has 1 saturated carbocycles. The highest BCUT2D eigenvalue weighted by Crippen LogP contribution is 2.39. The summed E-state index contributed by atoms with van der Waals surface area (Å²) < 4.78 is 34.0. The normalized spacial score (nSPS) is 25.8. The number of hydrogen-bond donors (Lipinski definition) is 2. The molecule has 0 spiro atoms. The maximum atomic E-state index is 14.5. The van der Waals surface area contributed by atoms with Crippen LogP contribution in [0.5, 0.6) is 0 Å². The van der Waals surface area contributed by atoms with E-state index in [0.717, 1.165) is 24.4 Å². The fraction of sp³-hybridized carbons (Fsp3) is 0.625. The number of hydrogen-bond acceptors (Lipinski definition) is 10. The molecule has 0 aromatic carbocycles. The number of fused-ring (bicyclic) bond motifs is 2. The number of urea groups is 1. The van der Waals surface area contributed by atoms with E-state index in [1.165, 1.54) is 31.0 Å². The average Bonchev–Trinajstić information content (AvgIpc) is 3.67. The SMILES string of the molecule is CCN1CC2CC1CC2OC=O.CNc1ccnc(N2CCC(F)(F)C(N(C)C(=O)Nc3nccs3)C2)n1. The molecule has 4 atom stereocenters. The third-order valence-corrected chi connectivity index (χ3v) is 8.13. The predicted octanol–water partition coefficient (Wildman–Crippen LogP) is 2.99. The first kappa shape index (κ1) is 27.9. The molecule has 2 aliphatic heterocycles. The van der Waals surface area contributed by atoms with Crippen molar-refractivity contribution in [1.82, 2.24) is 24.8 Å². The number of carbonyl (C=O) groups excluding carboxylic acids is 2. The summed E-state index contributed by atoms with van der Waals surface area (Å²) in [6.07, 6.45) is 5.21. The highest BCUT2D eigenvalue weighted by Gasteiger charge is 2.48. The van der Waals surface area contributed by atoms with Gasteiger partial charge in [-0.15, -0.1) is 11.3 Å². The van der Waals surface area contributed by atoms with E-state index < -0.39 is 18.0 Å². The molecule has 5 rings (SSSR count). The fourth-order valence-electron chi connectivity index (χ4n) is 5.34. The lowest BCUT2D eigenvalue weighted by Gasteiger charge is -2.42. The van der Waals surface area contributed by atoms with E-state index in [4.69, 9.17) is 4.74 Å². The molecule has 2 N–H and O–H groups in total. The number of nitrogens with one attached hydrogen (secondary N) is 2. The van der Waals surface area contributed by atoms with E-state index in [2.05, 4.69) is 37.4 Å². The minimum Gasteiger partial charge on any atom is -0.464 e. The first-order valence-electron chi connectivity index (χ1n) is 12.7. The molecule has 208 valence electrons. The molecule has 2 bridgehead atoms. The first-order valence-corrected chi connectivity index (χ1v) is 13.5. The summed E-state index contributed by atoms with van der Waals surface area (Å²) in [5.74, 6) is -1.45. The molecule has 0 radical (unpaired) electrons. The predicted molar refractivity (Wildman–Crippen MR) is 141 cm³/mol. The number of nitrogens with zero attached hydrogens (tertiary/aromatic N) is 6. The second-order valence-corrected chi connectivity index (χ2v) is 10.5. The Kier molecular flexibility index (Phi) is 8.92. The summed E-state index contributed by atoms with van der Waals surface area (Å²) in [5, 5.41) is 7.48. The number of carbonyl (C=O) groups is 2. The lowest BCUT2D eigenvalue weighted by Crippen LogP contribution is -2.60. The average molecular weight is 553 g/mol. The van der Waals surface area contributed by atoms with Crippen molar-refractivity contribution in [1.29, 1.82) is 0 Å². The Hall–Kier alpha value is -3.13. The molecule has 38 heavy (non-hydrogen) atoms. The summed E-state index contributed by atoms with van der Waals surface area (Å²) in [6, 6.07) is 0.437. The van der Waals surface area contributed by atoms with Crippen LogP contribution in [0.15, 0.2) is 23.8 Å². The second-order valence-electron chi connectivity index (χ2n) is 9.59. The topological polar surface area (TPSA) is 116 Å². The van der Waals surface area contributed by atoms with Crippen molar-refractivity contribution in [2.45, 2.75) is 50.3 Å². The van der Waals surface area contributed by atoms with E-state index in [1.54, 1.807) is 29.6 Å². The van der Waals surface area contributed by atoms with Gasteiger partial charge in [0.2, 0.25) is 5.95 Å². The van der Waals surface area contributed by atoms with Crippen LogP contribution < -0.4 is 15.5 Å². The van der Waals surface area contributed by atoms with Gasteiger partial charge in [0, 0.05) is 76.3 Å². The van der Waals surface area contributed by atoms with Crippen molar-refractivity contribution >= 4 is 40.7 Å². The molecule has 2 aromatic rings. The van der Waals surface area contributed by atoms with Crippen LogP contribution in [0.1, 0.15) is 26.2 Å². The number of rotatable bonds is 7. The summed E-state index contributed by atoms with van der Waals surface area (Å²) >= 11 is 1.22. The maximum Gasteiger partial charge on any atom is 0.323 e. The van der Waals surface area contributed by atoms with E-state index in [1.807, 2.05) is 0 Å². The molecular weight excluding hydrogens is 518 g/mol. The molecule has 2 amide bonds. The van der Waals surface area contributed by atoms with E-state index >= 15 is 0 Å². The Bertz CT molecular complexity index is 1080. The molecule has 4 heterocycles. The number of ether oxygens (including phenoxy) is 1.